The van der Waals surface area contributed by atoms with Gasteiger partial charge in [0.1, 0.15) is 0 Å². The standard InChI is InChI=1S/C18H17Cl2N5O2S/c1-26-15-6-4-11(8-16(15)27-2)9-21-23-17-22-18(25-24-17)28-10-12-3-5-13(19)14(20)7-12/h3-9H,10H2,1-2H3,(H2,22,23,24,25)/b21-9+. The first kappa shape index (κ1) is 20.3. The molecule has 0 fully saturated rings. The van der Waals surface area contributed by atoms with Gasteiger partial charge in [-0.05, 0) is 41.5 Å². The molecule has 1 aromatic heterocycles. The minimum absolute atomic E-state index is 0.438. The van der Waals surface area contributed by atoms with Gasteiger partial charge >= 0.3 is 0 Å². The first-order valence-corrected chi connectivity index (χ1v) is 9.83. The van der Waals surface area contributed by atoms with E-state index in [1.165, 1.54) is 11.8 Å². The van der Waals surface area contributed by atoms with Crippen molar-refractivity contribution < 1.29 is 9.47 Å². The van der Waals surface area contributed by atoms with E-state index in [-0.39, 0.29) is 0 Å². The van der Waals surface area contributed by atoms with E-state index in [2.05, 4.69) is 25.7 Å². The van der Waals surface area contributed by atoms with E-state index < -0.39 is 0 Å². The van der Waals surface area contributed by atoms with Crippen molar-refractivity contribution in [1.82, 2.24) is 15.2 Å². The van der Waals surface area contributed by atoms with Gasteiger partial charge in [-0.25, -0.2) is 10.5 Å². The third-order valence-corrected chi connectivity index (χ3v) is 5.27. The van der Waals surface area contributed by atoms with Gasteiger partial charge in [0.15, 0.2) is 11.5 Å². The summed E-state index contributed by atoms with van der Waals surface area (Å²) in [6.07, 6.45) is 1.65. The van der Waals surface area contributed by atoms with Gasteiger partial charge in [0, 0.05) is 5.75 Å². The van der Waals surface area contributed by atoms with Crippen molar-refractivity contribution >= 4 is 47.1 Å². The Balaban J connectivity index is 1.55. The summed E-state index contributed by atoms with van der Waals surface area (Å²) in [5.74, 6) is 2.40. The first-order chi connectivity index (χ1) is 13.6. The van der Waals surface area contributed by atoms with Gasteiger partial charge in [0.25, 0.3) is 0 Å². The Hall–Kier alpha value is -2.42. The molecule has 1 heterocycles. The topological polar surface area (TPSA) is 84.4 Å². The van der Waals surface area contributed by atoms with Crippen LogP contribution in [0.15, 0.2) is 46.7 Å². The number of aromatic amines is 1. The van der Waals surface area contributed by atoms with Gasteiger partial charge in [-0.3, -0.25) is 0 Å². The van der Waals surface area contributed by atoms with Crippen molar-refractivity contribution in [2.45, 2.75) is 10.9 Å². The Labute approximate surface area is 176 Å². The predicted octanol–water partition coefficient (Wildman–Crippen LogP) is 4.87. The minimum atomic E-state index is 0.438. The maximum atomic E-state index is 6.02. The molecule has 0 aliphatic heterocycles. The first-order valence-electron chi connectivity index (χ1n) is 8.09. The Morgan fingerprint density at radius 1 is 1.11 bits per heavy atom. The zero-order valence-electron chi connectivity index (χ0n) is 15.1. The molecule has 3 aromatic rings. The number of H-pyrrole nitrogens is 1. The molecule has 0 aliphatic rings. The number of thioether (sulfide) groups is 1. The molecule has 0 aliphatic carbocycles. The fraction of sp³-hybridized carbons (Fsp3) is 0.167. The molecular formula is C18H17Cl2N5O2S. The fourth-order valence-electron chi connectivity index (χ4n) is 2.24. The molecule has 146 valence electrons. The fourth-order valence-corrected chi connectivity index (χ4v) is 3.30. The SMILES string of the molecule is COc1ccc(/C=N/Nc2nc(SCc3ccc(Cl)c(Cl)c3)n[nH]2)cc1OC. The van der Waals surface area contributed by atoms with Crippen LogP contribution >= 0.6 is 35.0 Å². The Morgan fingerprint density at radius 3 is 2.68 bits per heavy atom. The lowest BCUT2D eigenvalue weighted by Crippen LogP contribution is -1.94. The van der Waals surface area contributed by atoms with Crippen LogP contribution in [0.5, 0.6) is 11.5 Å². The van der Waals surface area contributed by atoms with E-state index in [0.29, 0.717) is 38.4 Å². The number of anilines is 1. The van der Waals surface area contributed by atoms with Gasteiger partial charge in [-0.15, -0.1) is 5.10 Å². The number of hydrogen-bond donors (Lipinski definition) is 2. The highest BCUT2D eigenvalue weighted by molar-refractivity contribution is 7.98. The quantitative estimate of drug-likeness (QED) is 0.297. The minimum Gasteiger partial charge on any atom is -0.493 e. The maximum absolute atomic E-state index is 6.02. The maximum Gasteiger partial charge on any atom is 0.240 e. The highest BCUT2D eigenvalue weighted by Crippen LogP contribution is 2.27. The number of hydrazone groups is 1. The van der Waals surface area contributed by atoms with Crippen LogP contribution in [0.4, 0.5) is 5.95 Å². The molecular weight excluding hydrogens is 421 g/mol. The summed E-state index contributed by atoms with van der Waals surface area (Å²) >= 11 is 13.4. The number of hydrogen-bond acceptors (Lipinski definition) is 7. The van der Waals surface area contributed by atoms with Crippen LogP contribution in [0.1, 0.15) is 11.1 Å². The number of aromatic nitrogens is 3. The zero-order chi connectivity index (χ0) is 19.9. The van der Waals surface area contributed by atoms with Crippen molar-refractivity contribution in [2.24, 2.45) is 5.10 Å². The van der Waals surface area contributed by atoms with Gasteiger partial charge in [-0.1, -0.05) is 41.0 Å². The van der Waals surface area contributed by atoms with Crippen LogP contribution in [-0.4, -0.2) is 35.6 Å². The molecule has 28 heavy (non-hydrogen) atoms. The normalized spacial score (nSPS) is 11.0. The lowest BCUT2D eigenvalue weighted by Gasteiger charge is -2.07. The lowest BCUT2D eigenvalue weighted by molar-refractivity contribution is 0.355. The predicted molar refractivity (Wildman–Crippen MR) is 113 cm³/mol. The number of nitrogens with zero attached hydrogens (tertiary/aromatic N) is 3. The summed E-state index contributed by atoms with van der Waals surface area (Å²) in [5, 5.41) is 12.7. The smallest absolute Gasteiger partial charge is 0.240 e. The summed E-state index contributed by atoms with van der Waals surface area (Å²) in [6, 6.07) is 11.0. The second-order valence-electron chi connectivity index (χ2n) is 5.49. The molecule has 3 rings (SSSR count). The van der Waals surface area contributed by atoms with Crippen LogP contribution in [0.2, 0.25) is 10.0 Å². The van der Waals surface area contributed by atoms with E-state index in [9.17, 15) is 0 Å². The number of methoxy groups -OCH3 is 2. The van der Waals surface area contributed by atoms with E-state index in [1.807, 2.05) is 30.3 Å². The van der Waals surface area contributed by atoms with Gasteiger partial charge in [0.2, 0.25) is 11.1 Å². The highest BCUT2D eigenvalue weighted by Gasteiger charge is 2.06. The summed E-state index contributed by atoms with van der Waals surface area (Å²) in [7, 11) is 3.18. The van der Waals surface area contributed by atoms with Crippen LogP contribution in [0, 0.1) is 0 Å². The van der Waals surface area contributed by atoms with Crippen molar-refractivity contribution in [3.8, 4) is 11.5 Å². The monoisotopic (exact) mass is 437 g/mol. The largest absolute Gasteiger partial charge is 0.493 e. The molecule has 0 radical (unpaired) electrons. The second kappa shape index (κ2) is 9.68. The van der Waals surface area contributed by atoms with Gasteiger partial charge < -0.3 is 9.47 Å². The average Bonchev–Trinajstić information content (AvgIpc) is 3.16. The Morgan fingerprint density at radius 2 is 1.93 bits per heavy atom. The summed E-state index contributed by atoms with van der Waals surface area (Å²) < 4.78 is 10.5. The molecule has 10 heteroatoms. The third kappa shape index (κ3) is 5.31. The van der Waals surface area contributed by atoms with Crippen molar-refractivity contribution in [3.05, 3.63) is 57.6 Å². The third-order valence-electron chi connectivity index (χ3n) is 3.61. The van der Waals surface area contributed by atoms with Crippen LogP contribution in [0.3, 0.4) is 0 Å². The number of halogens is 2. The van der Waals surface area contributed by atoms with Crippen LogP contribution in [0.25, 0.3) is 0 Å². The number of benzene rings is 2. The molecule has 0 saturated heterocycles. The number of rotatable bonds is 8. The van der Waals surface area contributed by atoms with E-state index >= 15 is 0 Å². The molecule has 0 saturated carbocycles. The van der Waals surface area contributed by atoms with Crippen LogP contribution in [-0.2, 0) is 5.75 Å². The van der Waals surface area contributed by atoms with Crippen molar-refractivity contribution in [1.29, 1.82) is 0 Å². The average molecular weight is 438 g/mol. The van der Waals surface area contributed by atoms with Crippen molar-refractivity contribution in [3.63, 3.8) is 0 Å². The summed E-state index contributed by atoms with van der Waals surface area (Å²) in [6.45, 7) is 0. The van der Waals surface area contributed by atoms with E-state index in [1.54, 1.807) is 26.5 Å². The number of nitrogens with one attached hydrogen (secondary N) is 2. The Bertz CT molecular complexity index is 980. The molecule has 2 aromatic carbocycles. The van der Waals surface area contributed by atoms with Crippen molar-refractivity contribution in [2.75, 3.05) is 19.6 Å². The molecule has 0 unspecified atom stereocenters. The van der Waals surface area contributed by atoms with Gasteiger partial charge in [-0.2, -0.15) is 10.1 Å². The molecule has 7 nitrogen and oxygen atoms in total. The zero-order valence-corrected chi connectivity index (χ0v) is 17.4. The summed E-state index contributed by atoms with van der Waals surface area (Å²) in [4.78, 5) is 4.33. The molecule has 0 spiro atoms. The second-order valence-corrected chi connectivity index (χ2v) is 7.25. The molecule has 0 amide bonds. The molecule has 2 N–H and O–H groups in total. The van der Waals surface area contributed by atoms with E-state index in [0.717, 1.165) is 11.1 Å². The molecule has 0 atom stereocenters. The van der Waals surface area contributed by atoms with Gasteiger partial charge in [0.05, 0.1) is 30.5 Å². The lowest BCUT2D eigenvalue weighted by atomic mass is 10.2. The van der Waals surface area contributed by atoms with Crippen LogP contribution < -0.4 is 14.9 Å². The number of ether oxygens (including phenoxy) is 2. The summed E-state index contributed by atoms with van der Waals surface area (Å²) in [5.41, 5.74) is 4.69. The van der Waals surface area contributed by atoms with E-state index in [4.69, 9.17) is 32.7 Å². The molecule has 0 bridgehead atoms. The Kier molecular flexibility index (Phi) is 7.02. The highest BCUT2D eigenvalue weighted by atomic mass is 35.5.